The molecule has 2 heterocycles. The summed E-state index contributed by atoms with van der Waals surface area (Å²) in [5.74, 6) is 1.50. The first-order valence-electron chi connectivity index (χ1n) is 9.18. The maximum absolute atomic E-state index is 11.1. The zero-order valence-electron chi connectivity index (χ0n) is 15.8. The summed E-state index contributed by atoms with van der Waals surface area (Å²) >= 11 is 0. The van der Waals surface area contributed by atoms with E-state index >= 15 is 0 Å². The first-order chi connectivity index (χ1) is 14.0. The Balaban J connectivity index is 1.54. The van der Waals surface area contributed by atoms with Crippen LogP contribution in [-0.4, -0.2) is 45.1 Å². The fraction of sp³-hybridized carbons (Fsp3) is 0.300. The topological polar surface area (TPSA) is 118 Å². The Morgan fingerprint density at radius 1 is 1.28 bits per heavy atom. The van der Waals surface area contributed by atoms with Gasteiger partial charge >= 0.3 is 0 Å². The number of ether oxygens (including phenoxy) is 1. The number of aliphatic hydroxyl groups excluding tert-OH is 1. The molecule has 29 heavy (non-hydrogen) atoms. The van der Waals surface area contributed by atoms with E-state index in [4.69, 9.17) is 14.5 Å². The molecular weight excluding hydrogens is 376 g/mol. The molecule has 0 radical (unpaired) electrons. The van der Waals surface area contributed by atoms with Crippen molar-refractivity contribution in [3.05, 3.63) is 65.2 Å². The molecule has 2 N–H and O–H groups in total. The highest BCUT2D eigenvalue weighted by Gasteiger charge is 2.36. The molecule has 9 heteroatoms. The molecule has 0 saturated carbocycles. The Hall–Kier alpha value is -2.98. The lowest BCUT2D eigenvalue weighted by atomic mass is 10.1. The summed E-state index contributed by atoms with van der Waals surface area (Å²) in [6.07, 6.45) is 0.00309. The van der Waals surface area contributed by atoms with Crippen LogP contribution < -0.4 is 9.96 Å². The van der Waals surface area contributed by atoms with Gasteiger partial charge in [-0.1, -0.05) is 29.4 Å². The van der Waals surface area contributed by atoms with Crippen LogP contribution in [0.4, 0.5) is 5.69 Å². The van der Waals surface area contributed by atoms with Crippen LogP contribution in [0.2, 0.25) is 0 Å². The van der Waals surface area contributed by atoms with Crippen LogP contribution in [0, 0.1) is 5.21 Å². The molecule has 2 aromatic carbocycles. The summed E-state index contributed by atoms with van der Waals surface area (Å²) in [5.41, 5.74) is 1.70. The van der Waals surface area contributed by atoms with Crippen LogP contribution >= 0.6 is 0 Å². The Kier molecular flexibility index (Phi) is 5.45. The number of β-amino-alcohol motifs (C(OH)–C–C–N with tert-alkyl or cyclic N) is 1. The molecule has 1 fully saturated rings. The number of rotatable bonds is 6. The maximum Gasteiger partial charge on any atom is 0.244 e. The molecule has 9 nitrogen and oxygen atoms in total. The molecule has 1 aliphatic heterocycles. The molecule has 0 amide bonds. The van der Waals surface area contributed by atoms with Crippen molar-refractivity contribution in [2.24, 2.45) is 0 Å². The number of methoxy groups -OCH3 is 1. The molecule has 1 aromatic heterocycles. The van der Waals surface area contributed by atoms with Crippen molar-refractivity contribution in [3.8, 4) is 17.1 Å². The predicted octanol–water partition coefficient (Wildman–Crippen LogP) is 2.75. The van der Waals surface area contributed by atoms with Gasteiger partial charge in [0, 0.05) is 18.7 Å². The van der Waals surface area contributed by atoms with Gasteiger partial charge in [0.2, 0.25) is 11.7 Å². The normalized spacial score (nSPS) is 19.4. The van der Waals surface area contributed by atoms with Crippen LogP contribution in [0.25, 0.3) is 11.4 Å². The number of hydrogen-bond acceptors (Lipinski definition) is 9. The minimum Gasteiger partial charge on any atom is -0.733 e. The maximum atomic E-state index is 11.1. The lowest BCUT2D eigenvalue weighted by molar-refractivity contribution is 0.169. The first kappa shape index (κ1) is 19.3. The molecule has 2 unspecified atom stereocenters. The zero-order valence-corrected chi connectivity index (χ0v) is 15.8. The van der Waals surface area contributed by atoms with Gasteiger partial charge < -0.3 is 24.8 Å². The second-order valence-corrected chi connectivity index (χ2v) is 6.96. The fourth-order valence-electron chi connectivity index (χ4n) is 3.53. The van der Waals surface area contributed by atoms with Gasteiger partial charge in [0.15, 0.2) is 0 Å². The fourth-order valence-corrected chi connectivity index (χ4v) is 3.53. The van der Waals surface area contributed by atoms with Crippen LogP contribution in [0.15, 0.2) is 53.1 Å². The van der Waals surface area contributed by atoms with E-state index in [1.807, 2.05) is 24.3 Å². The molecule has 152 valence electrons. The number of benzene rings is 2. The summed E-state index contributed by atoms with van der Waals surface area (Å²) in [7, 11) is 1.62. The Labute approximate surface area is 167 Å². The van der Waals surface area contributed by atoms with Crippen LogP contribution in [0.3, 0.4) is 0 Å². The summed E-state index contributed by atoms with van der Waals surface area (Å²) in [5, 5.41) is 34.2. The third-order valence-corrected chi connectivity index (χ3v) is 4.98. The minimum atomic E-state index is -0.486. The third-order valence-electron chi connectivity index (χ3n) is 4.98. The third kappa shape index (κ3) is 4.22. The standard InChI is InChI=1S/C20H21N4O5/c1-28-17-7-5-13(6-8-17)11-23-12-16(25)10-18(23)20-21-19(22-29-20)14-3-2-4-15(9-14)24(26)27/h2-9,16,18,25-26H,10-12H2,1H3/q-1. The second-order valence-electron chi connectivity index (χ2n) is 6.96. The molecule has 0 aliphatic carbocycles. The van der Waals surface area contributed by atoms with Crippen LogP contribution in [-0.2, 0) is 6.54 Å². The van der Waals surface area contributed by atoms with Crippen molar-refractivity contribution >= 4 is 5.69 Å². The van der Waals surface area contributed by atoms with Crippen molar-refractivity contribution < 1.29 is 19.6 Å². The van der Waals surface area contributed by atoms with Gasteiger partial charge in [-0.05, 0) is 36.2 Å². The number of aromatic nitrogens is 2. The van der Waals surface area contributed by atoms with E-state index < -0.39 is 6.10 Å². The summed E-state index contributed by atoms with van der Waals surface area (Å²) in [4.78, 5) is 6.55. The van der Waals surface area contributed by atoms with Crippen molar-refractivity contribution in [1.82, 2.24) is 15.0 Å². The molecule has 0 bridgehead atoms. The number of aliphatic hydroxyl groups is 1. The van der Waals surface area contributed by atoms with Crippen molar-refractivity contribution in [2.75, 3.05) is 18.9 Å². The lowest BCUT2D eigenvalue weighted by Gasteiger charge is -2.21. The quantitative estimate of drug-likeness (QED) is 0.605. The van der Waals surface area contributed by atoms with Crippen LogP contribution in [0.1, 0.15) is 23.9 Å². The average molecular weight is 397 g/mol. The molecular formula is C20H21N4O5-. The van der Waals surface area contributed by atoms with E-state index in [2.05, 4.69) is 15.0 Å². The summed E-state index contributed by atoms with van der Waals surface area (Å²) in [6.45, 7) is 1.12. The molecule has 1 aliphatic rings. The van der Waals surface area contributed by atoms with E-state index in [1.165, 1.54) is 12.1 Å². The minimum absolute atomic E-state index is 0.0753. The highest BCUT2D eigenvalue weighted by Crippen LogP contribution is 2.34. The number of hydrogen-bond donors (Lipinski definition) is 2. The van der Waals surface area contributed by atoms with Crippen LogP contribution in [0.5, 0.6) is 5.75 Å². The SMILES string of the molecule is COc1ccc(CN2CC(O)CC2c2nc(-c3cccc(N([O-])O)c3)no2)cc1. The molecule has 1 saturated heterocycles. The predicted molar refractivity (Wildman–Crippen MR) is 104 cm³/mol. The van der Waals surface area contributed by atoms with Gasteiger partial charge in [-0.2, -0.15) is 4.98 Å². The van der Waals surface area contributed by atoms with E-state index in [-0.39, 0.29) is 17.0 Å². The Morgan fingerprint density at radius 2 is 2.07 bits per heavy atom. The number of likely N-dealkylation sites (tertiary alicyclic amines) is 1. The lowest BCUT2D eigenvalue weighted by Crippen LogP contribution is -2.24. The number of nitrogens with zero attached hydrogens (tertiary/aromatic N) is 4. The van der Waals surface area contributed by atoms with E-state index in [9.17, 15) is 10.3 Å². The highest BCUT2D eigenvalue weighted by atomic mass is 16.8. The zero-order chi connectivity index (χ0) is 20.4. The summed E-state index contributed by atoms with van der Waals surface area (Å²) < 4.78 is 10.7. The molecule has 3 aromatic rings. The largest absolute Gasteiger partial charge is 0.733 e. The Morgan fingerprint density at radius 3 is 2.79 bits per heavy atom. The smallest absolute Gasteiger partial charge is 0.244 e. The monoisotopic (exact) mass is 397 g/mol. The van der Waals surface area contributed by atoms with Crippen molar-refractivity contribution in [1.29, 1.82) is 0 Å². The van der Waals surface area contributed by atoms with Gasteiger partial charge in [0.05, 0.1) is 24.9 Å². The van der Waals surface area contributed by atoms with E-state index in [0.29, 0.717) is 36.8 Å². The van der Waals surface area contributed by atoms with E-state index in [1.54, 1.807) is 19.2 Å². The highest BCUT2D eigenvalue weighted by molar-refractivity contribution is 5.62. The van der Waals surface area contributed by atoms with Gasteiger partial charge in [0.25, 0.3) is 0 Å². The summed E-state index contributed by atoms with van der Waals surface area (Å²) in [6, 6.07) is 13.8. The van der Waals surface area contributed by atoms with Crippen molar-refractivity contribution in [3.63, 3.8) is 0 Å². The molecule has 0 spiro atoms. The second kappa shape index (κ2) is 8.18. The molecule has 2 atom stereocenters. The average Bonchev–Trinajstić information content (AvgIpc) is 3.35. The first-order valence-corrected chi connectivity index (χ1v) is 9.18. The number of anilines is 1. The Bertz CT molecular complexity index is 960. The van der Waals surface area contributed by atoms with Gasteiger partial charge in [-0.25, -0.2) is 0 Å². The van der Waals surface area contributed by atoms with E-state index in [0.717, 1.165) is 11.3 Å². The van der Waals surface area contributed by atoms with Gasteiger partial charge in [-0.15, -0.1) is 0 Å². The van der Waals surface area contributed by atoms with Gasteiger partial charge in [-0.3, -0.25) is 10.1 Å². The molecule has 4 rings (SSSR count). The van der Waals surface area contributed by atoms with Gasteiger partial charge in [0.1, 0.15) is 5.75 Å². The van der Waals surface area contributed by atoms with Crippen molar-refractivity contribution in [2.45, 2.75) is 25.1 Å².